The number of nitrogens with one attached hydrogen (secondary N) is 1. The number of ether oxygens (including phenoxy) is 1. The quantitative estimate of drug-likeness (QED) is 0.739. The minimum Gasteiger partial charge on any atom is -0.382 e. The summed E-state index contributed by atoms with van der Waals surface area (Å²) >= 11 is 0. The van der Waals surface area contributed by atoms with Crippen molar-refractivity contribution in [1.82, 2.24) is 10.3 Å². The van der Waals surface area contributed by atoms with Gasteiger partial charge in [-0.2, -0.15) is 0 Å². The summed E-state index contributed by atoms with van der Waals surface area (Å²) in [5, 5.41) is 4.67. The molecule has 0 atom stereocenters. The van der Waals surface area contributed by atoms with Gasteiger partial charge in [0, 0.05) is 24.8 Å². The van der Waals surface area contributed by atoms with Gasteiger partial charge in [-0.15, -0.1) is 0 Å². The maximum Gasteiger partial charge on any atom is 0.0734 e. The van der Waals surface area contributed by atoms with Crippen molar-refractivity contribution in [2.24, 2.45) is 0 Å². The van der Waals surface area contributed by atoms with E-state index in [0.29, 0.717) is 0 Å². The van der Waals surface area contributed by atoms with E-state index in [2.05, 4.69) is 34.6 Å². The minimum absolute atomic E-state index is 0.807. The summed E-state index contributed by atoms with van der Waals surface area (Å²) in [7, 11) is 0. The highest BCUT2D eigenvalue weighted by Gasteiger charge is 2.00. The van der Waals surface area contributed by atoms with Gasteiger partial charge in [-0.25, -0.2) is 0 Å². The average Bonchev–Trinajstić information content (AvgIpc) is 2.46. The van der Waals surface area contributed by atoms with Gasteiger partial charge >= 0.3 is 0 Å². The largest absolute Gasteiger partial charge is 0.382 e. The molecule has 0 bridgehead atoms. The van der Waals surface area contributed by atoms with Crippen molar-refractivity contribution in [2.45, 2.75) is 19.8 Å². The molecule has 0 saturated heterocycles. The molecule has 0 spiro atoms. The fourth-order valence-electron chi connectivity index (χ4n) is 2.16. The van der Waals surface area contributed by atoms with Gasteiger partial charge in [-0.05, 0) is 44.5 Å². The molecule has 0 unspecified atom stereocenters. The molecule has 3 heteroatoms. The molecule has 1 heterocycles. The highest BCUT2D eigenvalue weighted by Crippen LogP contribution is 2.15. The Balaban J connectivity index is 1.78. The van der Waals surface area contributed by atoms with Crippen LogP contribution in [0.15, 0.2) is 36.5 Å². The van der Waals surface area contributed by atoms with Crippen LogP contribution in [0, 0.1) is 0 Å². The lowest BCUT2D eigenvalue weighted by Crippen LogP contribution is -2.19. The van der Waals surface area contributed by atoms with Crippen LogP contribution in [0.5, 0.6) is 0 Å². The Labute approximate surface area is 115 Å². The van der Waals surface area contributed by atoms with Crippen molar-refractivity contribution in [1.29, 1.82) is 0 Å². The van der Waals surface area contributed by atoms with Crippen molar-refractivity contribution in [3.8, 4) is 0 Å². The highest BCUT2D eigenvalue weighted by atomic mass is 16.5. The van der Waals surface area contributed by atoms with Gasteiger partial charge < -0.3 is 10.1 Å². The number of nitrogens with zero attached hydrogens (tertiary/aromatic N) is 1. The van der Waals surface area contributed by atoms with E-state index >= 15 is 0 Å². The van der Waals surface area contributed by atoms with Gasteiger partial charge in [-0.3, -0.25) is 4.98 Å². The second-order valence-electron chi connectivity index (χ2n) is 4.54. The predicted octanol–water partition coefficient (Wildman–Crippen LogP) is 2.79. The molecule has 102 valence electrons. The van der Waals surface area contributed by atoms with Crippen molar-refractivity contribution in [3.63, 3.8) is 0 Å². The van der Waals surface area contributed by atoms with Gasteiger partial charge in [0.15, 0.2) is 0 Å². The molecule has 3 nitrogen and oxygen atoms in total. The number of benzene rings is 1. The molecule has 2 aromatic rings. The lowest BCUT2D eigenvalue weighted by atomic mass is 10.1. The Morgan fingerprint density at radius 3 is 2.95 bits per heavy atom. The van der Waals surface area contributed by atoms with Crippen LogP contribution in [-0.2, 0) is 11.2 Å². The van der Waals surface area contributed by atoms with E-state index < -0.39 is 0 Å². The molecule has 0 radical (unpaired) electrons. The molecule has 0 aliphatic rings. The molecule has 0 saturated carbocycles. The number of hydrogen-bond acceptors (Lipinski definition) is 3. The van der Waals surface area contributed by atoms with Crippen LogP contribution < -0.4 is 5.32 Å². The maximum atomic E-state index is 5.31. The molecule has 1 aromatic heterocycles. The molecular weight excluding hydrogens is 236 g/mol. The first-order valence-electron chi connectivity index (χ1n) is 7.03. The normalized spacial score (nSPS) is 11.0. The molecule has 0 amide bonds. The molecule has 0 fully saturated rings. The monoisotopic (exact) mass is 258 g/mol. The summed E-state index contributed by atoms with van der Waals surface area (Å²) in [6.07, 6.45) is 3.95. The Kier molecular flexibility index (Phi) is 5.79. The molecular formula is C16H22N2O. The summed E-state index contributed by atoms with van der Waals surface area (Å²) in [4.78, 5) is 4.47. The number of para-hydroxylation sites is 1. The molecule has 2 rings (SSSR count). The SMILES string of the molecule is CCOCCCNCCc1cccc2cccnc12. The highest BCUT2D eigenvalue weighted by molar-refractivity contribution is 5.81. The third kappa shape index (κ3) is 4.30. The summed E-state index contributed by atoms with van der Waals surface area (Å²) < 4.78 is 5.31. The zero-order chi connectivity index (χ0) is 13.3. The van der Waals surface area contributed by atoms with Crippen LogP contribution in [0.2, 0.25) is 0 Å². The van der Waals surface area contributed by atoms with Crippen LogP contribution in [0.1, 0.15) is 18.9 Å². The second kappa shape index (κ2) is 7.87. The Morgan fingerprint density at radius 1 is 1.16 bits per heavy atom. The van der Waals surface area contributed by atoms with Gasteiger partial charge in [0.1, 0.15) is 0 Å². The van der Waals surface area contributed by atoms with Crippen molar-refractivity contribution >= 4 is 10.9 Å². The van der Waals surface area contributed by atoms with Gasteiger partial charge in [0.2, 0.25) is 0 Å². The number of aromatic nitrogens is 1. The van der Waals surface area contributed by atoms with Crippen LogP contribution in [0.25, 0.3) is 10.9 Å². The smallest absolute Gasteiger partial charge is 0.0734 e. The lowest BCUT2D eigenvalue weighted by molar-refractivity contribution is 0.145. The zero-order valence-electron chi connectivity index (χ0n) is 11.6. The second-order valence-corrected chi connectivity index (χ2v) is 4.54. The van der Waals surface area contributed by atoms with E-state index in [-0.39, 0.29) is 0 Å². The fraction of sp³-hybridized carbons (Fsp3) is 0.438. The van der Waals surface area contributed by atoms with Crippen molar-refractivity contribution < 1.29 is 4.74 Å². The van der Waals surface area contributed by atoms with E-state index in [1.54, 1.807) is 0 Å². The maximum absolute atomic E-state index is 5.31. The van der Waals surface area contributed by atoms with Crippen LogP contribution >= 0.6 is 0 Å². The van der Waals surface area contributed by atoms with Crippen molar-refractivity contribution in [3.05, 3.63) is 42.1 Å². The summed E-state index contributed by atoms with van der Waals surface area (Å²) in [6.45, 7) is 5.68. The molecule has 0 aliphatic carbocycles. The first kappa shape index (κ1) is 14.0. The minimum atomic E-state index is 0.807. The Bertz CT molecular complexity index is 494. The number of fused-ring (bicyclic) bond motifs is 1. The van der Waals surface area contributed by atoms with Crippen LogP contribution in [-0.4, -0.2) is 31.3 Å². The fourth-order valence-corrected chi connectivity index (χ4v) is 2.16. The van der Waals surface area contributed by atoms with E-state index in [0.717, 1.165) is 44.7 Å². The molecule has 0 aliphatic heterocycles. The first-order valence-corrected chi connectivity index (χ1v) is 7.03. The number of rotatable bonds is 8. The van der Waals surface area contributed by atoms with Crippen molar-refractivity contribution in [2.75, 3.05) is 26.3 Å². The van der Waals surface area contributed by atoms with E-state index in [1.165, 1.54) is 10.9 Å². The molecule has 19 heavy (non-hydrogen) atoms. The summed E-state index contributed by atoms with van der Waals surface area (Å²) in [5.74, 6) is 0. The van der Waals surface area contributed by atoms with Gasteiger partial charge in [0.05, 0.1) is 5.52 Å². The van der Waals surface area contributed by atoms with E-state index in [4.69, 9.17) is 4.74 Å². The third-order valence-electron chi connectivity index (χ3n) is 3.13. The van der Waals surface area contributed by atoms with E-state index in [1.807, 2.05) is 19.2 Å². The van der Waals surface area contributed by atoms with Gasteiger partial charge in [0.25, 0.3) is 0 Å². The first-order chi connectivity index (χ1) is 9.42. The zero-order valence-corrected chi connectivity index (χ0v) is 11.6. The third-order valence-corrected chi connectivity index (χ3v) is 3.13. The summed E-state index contributed by atoms with van der Waals surface area (Å²) in [5.41, 5.74) is 2.44. The number of pyridine rings is 1. The van der Waals surface area contributed by atoms with Crippen LogP contribution in [0.4, 0.5) is 0 Å². The topological polar surface area (TPSA) is 34.1 Å². The lowest BCUT2D eigenvalue weighted by Gasteiger charge is -2.07. The van der Waals surface area contributed by atoms with Gasteiger partial charge in [-0.1, -0.05) is 24.3 Å². The Morgan fingerprint density at radius 2 is 2.05 bits per heavy atom. The van der Waals surface area contributed by atoms with E-state index in [9.17, 15) is 0 Å². The molecule has 1 N–H and O–H groups in total. The Hall–Kier alpha value is -1.45. The predicted molar refractivity (Wildman–Crippen MR) is 79.4 cm³/mol. The van der Waals surface area contributed by atoms with Crippen LogP contribution in [0.3, 0.4) is 0 Å². The summed E-state index contributed by atoms with van der Waals surface area (Å²) in [6, 6.07) is 10.5. The standard InChI is InChI=1S/C16H22N2O/c1-2-19-13-5-10-17-12-9-15-7-3-6-14-8-4-11-18-16(14)15/h3-4,6-8,11,17H,2,5,9-10,12-13H2,1H3. The number of hydrogen-bond donors (Lipinski definition) is 1. The average molecular weight is 258 g/mol. The molecule has 1 aromatic carbocycles.